The highest BCUT2D eigenvalue weighted by Crippen LogP contribution is 2.39. The van der Waals surface area contributed by atoms with Crippen molar-refractivity contribution < 1.29 is 9.53 Å². The van der Waals surface area contributed by atoms with Crippen LogP contribution in [0, 0.1) is 6.92 Å². The Balaban J connectivity index is 2.02. The second-order valence-corrected chi connectivity index (χ2v) is 6.45. The molecule has 0 spiro atoms. The van der Waals surface area contributed by atoms with Gasteiger partial charge < -0.3 is 9.64 Å². The first-order chi connectivity index (χ1) is 11.1. The summed E-state index contributed by atoms with van der Waals surface area (Å²) < 4.78 is 6.25. The van der Waals surface area contributed by atoms with Gasteiger partial charge >= 0.3 is 0 Å². The van der Waals surface area contributed by atoms with Gasteiger partial charge in [0.05, 0.1) is 11.5 Å². The summed E-state index contributed by atoms with van der Waals surface area (Å²) in [5.74, 6) is 0.676. The number of hydrogen-bond donors (Lipinski definition) is 0. The molecule has 1 aliphatic heterocycles. The van der Waals surface area contributed by atoms with Gasteiger partial charge in [-0.25, -0.2) is 0 Å². The fourth-order valence-corrected chi connectivity index (χ4v) is 3.25. The average Bonchev–Trinajstić information content (AvgIpc) is 2.53. The molecule has 1 heterocycles. The molecule has 120 valence electrons. The van der Waals surface area contributed by atoms with E-state index >= 15 is 0 Å². The van der Waals surface area contributed by atoms with Crippen LogP contribution in [0.25, 0.3) is 0 Å². The van der Waals surface area contributed by atoms with Gasteiger partial charge in [-0.3, -0.25) is 4.79 Å². The van der Waals surface area contributed by atoms with Crippen LogP contribution in [0.4, 0.5) is 0 Å². The van der Waals surface area contributed by atoms with E-state index < -0.39 is 0 Å². The van der Waals surface area contributed by atoms with Crippen molar-refractivity contribution in [2.24, 2.45) is 0 Å². The number of ketones is 1. The molecule has 0 fully saturated rings. The van der Waals surface area contributed by atoms with Crippen molar-refractivity contribution in [1.29, 1.82) is 0 Å². The molecule has 0 saturated heterocycles. The zero-order valence-electron chi connectivity index (χ0n) is 14.0. The predicted molar refractivity (Wildman–Crippen MR) is 92.3 cm³/mol. The van der Waals surface area contributed by atoms with Crippen LogP contribution in [0.3, 0.4) is 0 Å². The van der Waals surface area contributed by atoms with Gasteiger partial charge in [0, 0.05) is 6.54 Å². The topological polar surface area (TPSA) is 29.5 Å². The van der Waals surface area contributed by atoms with Crippen molar-refractivity contribution in [3.05, 3.63) is 65.2 Å². The Labute approximate surface area is 137 Å². The van der Waals surface area contributed by atoms with Crippen LogP contribution in [-0.4, -0.2) is 37.4 Å². The summed E-state index contributed by atoms with van der Waals surface area (Å²) in [4.78, 5) is 15.3. The third-order valence-electron chi connectivity index (χ3n) is 4.43. The number of rotatable bonds is 4. The Kier molecular flexibility index (Phi) is 4.49. The minimum atomic E-state index is -0.232. The van der Waals surface area contributed by atoms with Crippen LogP contribution < -0.4 is 4.74 Å². The van der Waals surface area contributed by atoms with E-state index in [1.807, 2.05) is 69.6 Å². The number of ether oxygens (including phenoxy) is 1. The van der Waals surface area contributed by atoms with Crippen LogP contribution in [0.2, 0.25) is 0 Å². The van der Waals surface area contributed by atoms with E-state index in [4.69, 9.17) is 4.74 Å². The SMILES string of the molecule is Cc1cccc2c1C(=O)C(c1ccccc1)C(CCN(C)C)O2. The molecule has 0 saturated carbocycles. The molecule has 0 aliphatic carbocycles. The van der Waals surface area contributed by atoms with E-state index in [2.05, 4.69) is 4.90 Å². The smallest absolute Gasteiger partial charge is 0.178 e. The zero-order chi connectivity index (χ0) is 16.4. The third-order valence-corrected chi connectivity index (χ3v) is 4.43. The molecule has 3 heteroatoms. The highest BCUT2D eigenvalue weighted by molar-refractivity contribution is 6.05. The van der Waals surface area contributed by atoms with Crippen LogP contribution >= 0.6 is 0 Å². The molecule has 0 aromatic heterocycles. The van der Waals surface area contributed by atoms with Gasteiger partial charge in [0.25, 0.3) is 0 Å². The molecule has 2 aromatic carbocycles. The lowest BCUT2D eigenvalue weighted by Gasteiger charge is -2.34. The largest absolute Gasteiger partial charge is 0.488 e. The fourth-order valence-electron chi connectivity index (χ4n) is 3.25. The van der Waals surface area contributed by atoms with Crippen molar-refractivity contribution >= 4 is 5.78 Å². The van der Waals surface area contributed by atoms with E-state index in [-0.39, 0.29) is 17.8 Å². The highest BCUT2D eigenvalue weighted by Gasteiger charge is 2.38. The number of carbonyl (C=O) groups excluding carboxylic acids is 1. The second-order valence-electron chi connectivity index (χ2n) is 6.45. The van der Waals surface area contributed by atoms with E-state index in [0.717, 1.165) is 35.4 Å². The molecule has 23 heavy (non-hydrogen) atoms. The maximum Gasteiger partial charge on any atom is 0.178 e. The molecule has 1 aliphatic rings. The summed E-state index contributed by atoms with van der Waals surface area (Å²) in [6, 6.07) is 15.8. The van der Waals surface area contributed by atoms with Gasteiger partial charge in [0.1, 0.15) is 11.9 Å². The molecule has 3 rings (SSSR count). The molecule has 3 nitrogen and oxygen atoms in total. The van der Waals surface area contributed by atoms with E-state index in [0.29, 0.717) is 0 Å². The van der Waals surface area contributed by atoms with Crippen molar-refractivity contribution in [3.8, 4) is 5.75 Å². The Morgan fingerprint density at radius 1 is 1.04 bits per heavy atom. The number of carbonyl (C=O) groups is 1. The minimum Gasteiger partial charge on any atom is -0.488 e. The monoisotopic (exact) mass is 309 g/mol. The van der Waals surface area contributed by atoms with Crippen LogP contribution in [0.1, 0.15) is 33.8 Å². The molecule has 0 amide bonds. The zero-order valence-corrected chi connectivity index (χ0v) is 14.0. The van der Waals surface area contributed by atoms with E-state index in [1.54, 1.807) is 0 Å². The lowest BCUT2D eigenvalue weighted by atomic mass is 9.81. The summed E-state index contributed by atoms with van der Waals surface area (Å²) in [5, 5.41) is 0. The van der Waals surface area contributed by atoms with Gasteiger partial charge in [-0.05, 0) is 44.6 Å². The number of aryl methyl sites for hydroxylation is 1. The molecular weight excluding hydrogens is 286 g/mol. The van der Waals surface area contributed by atoms with Crippen molar-refractivity contribution in [2.75, 3.05) is 20.6 Å². The molecule has 0 N–H and O–H groups in total. The maximum absolute atomic E-state index is 13.2. The molecule has 2 atom stereocenters. The number of benzene rings is 2. The van der Waals surface area contributed by atoms with Crippen molar-refractivity contribution in [2.45, 2.75) is 25.4 Å². The number of fused-ring (bicyclic) bond motifs is 1. The predicted octanol–water partition coefficient (Wildman–Crippen LogP) is 3.67. The molecule has 2 aromatic rings. The highest BCUT2D eigenvalue weighted by atomic mass is 16.5. The second kappa shape index (κ2) is 6.55. The fraction of sp³-hybridized carbons (Fsp3) is 0.350. The normalized spacial score (nSPS) is 20.3. The van der Waals surface area contributed by atoms with Gasteiger partial charge in [0.15, 0.2) is 5.78 Å². The first-order valence-electron chi connectivity index (χ1n) is 8.08. The average molecular weight is 309 g/mol. The summed E-state index contributed by atoms with van der Waals surface area (Å²) in [5.41, 5.74) is 2.76. The first-order valence-corrected chi connectivity index (χ1v) is 8.08. The Morgan fingerprint density at radius 2 is 1.78 bits per heavy atom. The van der Waals surface area contributed by atoms with Crippen LogP contribution in [0.15, 0.2) is 48.5 Å². The molecular formula is C20H23NO2. The van der Waals surface area contributed by atoms with Crippen molar-refractivity contribution in [1.82, 2.24) is 4.90 Å². The maximum atomic E-state index is 13.2. The van der Waals surface area contributed by atoms with Crippen LogP contribution in [-0.2, 0) is 0 Å². The summed E-state index contributed by atoms with van der Waals surface area (Å²) in [6.45, 7) is 2.87. The Morgan fingerprint density at radius 3 is 2.48 bits per heavy atom. The van der Waals surface area contributed by atoms with Gasteiger partial charge in [0.2, 0.25) is 0 Å². The lowest BCUT2D eigenvalue weighted by Crippen LogP contribution is -2.38. The van der Waals surface area contributed by atoms with Crippen LogP contribution in [0.5, 0.6) is 5.75 Å². The Bertz CT molecular complexity index is 694. The van der Waals surface area contributed by atoms with Gasteiger partial charge in [-0.1, -0.05) is 42.5 Å². The van der Waals surface area contributed by atoms with Gasteiger partial charge in [-0.15, -0.1) is 0 Å². The minimum absolute atomic E-state index is 0.124. The quantitative estimate of drug-likeness (QED) is 0.863. The standard InChI is InChI=1S/C20H23NO2/c1-14-8-7-11-16-18(14)20(22)19(15-9-5-4-6-10-15)17(23-16)12-13-21(2)3/h4-11,17,19H,12-13H2,1-3H3. The summed E-state index contributed by atoms with van der Waals surface area (Å²) in [6.07, 6.45) is 0.702. The summed E-state index contributed by atoms with van der Waals surface area (Å²) >= 11 is 0. The molecule has 0 bridgehead atoms. The number of hydrogen-bond acceptors (Lipinski definition) is 3. The lowest BCUT2D eigenvalue weighted by molar-refractivity contribution is 0.0750. The molecule has 0 radical (unpaired) electrons. The van der Waals surface area contributed by atoms with E-state index in [9.17, 15) is 4.79 Å². The molecule has 2 unspecified atom stereocenters. The third kappa shape index (κ3) is 3.15. The van der Waals surface area contributed by atoms with E-state index in [1.165, 1.54) is 0 Å². The first kappa shape index (κ1) is 15.8. The summed E-state index contributed by atoms with van der Waals surface area (Å²) in [7, 11) is 4.08. The van der Waals surface area contributed by atoms with Gasteiger partial charge in [-0.2, -0.15) is 0 Å². The Hall–Kier alpha value is -2.13. The number of Topliss-reactive ketones (excluding diaryl/α,β-unsaturated/α-hetero) is 1. The number of nitrogens with zero attached hydrogens (tertiary/aromatic N) is 1. The van der Waals surface area contributed by atoms with Crippen molar-refractivity contribution in [3.63, 3.8) is 0 Å².